The van der Waals surface area contributed by atoms with Crippen molar-refractivity contribution in [1.29, 1.82) is 0 Å². The maximum atomic E-state index is 5.47. The molecule has 0 aliphatic heterocycles. The van der Waals surface area contributed by atoms with Crippen molar-refractivity contribution in [1.82, 2.24) is 9.97 Å². The molecule has 0 aliphatic carbocycles. The minimum absolute atomic E-state index is 0.691. The van der Waals surface area contributed by atoms with Crippen LogP contribution in [-0.4, -0.2) is 16.5 Å². The summed E-state index contributed by atoms with van der Waals surface area (Å²) < 4.78 is 0. The van der Waals surface area contributed by atoms with E-state index in [0.29, 0.717) is 11.7 Å². The summed E-state index contributed by atoms with van der Waals surface area (Å²) in [7, 11) is 0. The van der Waals surface area contributed by atoms with Crippen molar-refractivity contribution in [3.05, 3.63) is 11.4 Å². The Hall–Kier alpha value is -1.36. The Labute approximate surface area is 116 Å². The molecule has 108 valence electrons. The van der Waals surface area contributed by atoms with Crippen molar-refractivity contribution in [2.75, 3.05) is 17.3 Å². The molecule has 19 heavy (non-hydrogen) atoms. The molecule has 0 aliphatic rings. The lowest BCUT2D eigenvalue weighted by Gasteiger charge is -2.17. The molecule has 4 N–H and O–H groups in total. The fourth-order valence-corrected chi connectivity index (χ4v) is 2.13. The lowest BCUT2D eigenvalue weighted by atomic mass is 9.99. The smallest absolute Gasteiger partial charge is 0.148 e. The first-order valence-corrected chi connectivity index (χ1v) is 7.18. The highest BCUT2D eigenvalue weighted by molar-refractivity contribution is 5.56. The first-order chi connectivity index (χ1) is 9.12. The highest BCUT2D eigenvalue weighted by atomic mass is 15.3. The Morgan fingerprint density at radius 1 is 1.16 bits per heavy atom. The zero-order valence-electron chi connectivity index (χ0n) is 12.6. The molecule has 0 spiro atoms. The fraction of sp³-hybridized carbons (Fsp3) is 0.714. The van der Waals surface area contributed by atoms with Crippen LogP contribution in [0.5, 0.6) is 0 Å². The molecule has 1 rings (SSSR count). The number of nitrogen functional groups attached to an aromatic ring is 1. The lowest BCUT2D eigenvalue weighted by Crippen LogP contribution is -2.18. The van der Waals surface area contributed by atoms with Gasteiger partial charge in [0, 0.05) is 12.1 Å². The van der Waals surface area contributed by atoms with Crippen molar-refractivity contribution in [2.24, 2.45) is 11.8 Å². The second-order valence-corrected chi connectivity index (χ2v) is 5.03. The summed E-state index contributed by atoms with van der Waals surface area (Å²) in [5, 5.41) is 3.44. The molecule has 0 saturated carbocycles. The van der Waals surface area contributed by atoms with Crippen molar-refractivity contribution in [3.8, 4) is 0 Å². The van der Waals surface area contributed by atoms with Crippen molar-refractivity contribution >= 4 is 11.6 Å². The lowest BCUT2D eigenvalue weighted by molar-refractivity contribution is 0.472. The van der Waals surface area contributed by atoms with Crippen molar-refractivity contribution in [3.63, 3.8) is 0 Å². The molecule has 1 unspecified atom stereocenters. The van der Waals surface area contributed by atoms with Crippen LogP contribution in [-0.2, 0) is 0 Å². The molecule has 0 radical (unpaired) electrons. The van der Waals surface area contributed by atoms with Crippen molar-refractivity contribution < 1.29 is 0 Å². The number of rotatable bonds is 8. The van der Waals surface area contributed by atoms with Crippen molar-refractivity contribution in [2.45, 2.75) is 53.4 Å². The monoisotopic (exact) mass is 265 g/mol. The molecular formula is C14H27N5. The van der Waals surface area contributed by atoms with E-state index >= 15 is 0 Å². The Balaban J connectivity index is 2.68. The van der Waals surface area contributed by atoms with Crippen LogP contribution in [0.4, 0.5) is 11.6 Å². The highest BCUT2D eigenvalue weighted by Crippen LogP contribution is 2.20. The summed E-state index contributed by atoms with van der Waals surface area (Å²) in [6, 6.07) is 0. The van der Waals surface area contributed by atoms with Gasteiger partial charge in [0.25, 0.3) is 0 Å². The highest BCUT2D eigenvalue weighted by Gasteiger charge is 2.10. The van der Waals surface area contributed by atoms with Gasteiger partial charge in [-0.2, -0.15) is 0 Å². The van der Waals surface area contributed by atoms with Gasteiger partial charge in [-0.15, -0.1) is 0 Å². The maximum Gasteiger partial charge on any atom is 0.148 e. The summed E-state index contributed by atoms with van der Waals surface area (Å²) in [6.07, 6.45) is 5.00. The number of hydrazine groups is 1. The number of nitrogens with zero attached hydrogens (tertiary/aromatic N) is 2. The number of hydrogen-bond acceptors (Lipinski definition) is 5. The second-order valence-electron chi connectivity index (χ2n) is 5.03. The number of anilines is 2. The number of nitrogens with two attached hydrogens (primary N) is 1. The minimum Gasteiger partial charge on any atom is -0.369 e. The van der Waals surface area contributed by atoms with Gasteiger partial charge in [-0.3, -0.25) is 0 Å². The predicted octanol–water partition coefficient (Wildman–Crippen LogP) is 3.01. The largest absolute Gasteiger partial charge is 0.369 e. The van der Waals surface area contributed by atoms with Gasteiger partial charge in [0.05, 0.1) is 0 Å². The van der Waals surface area contributed by atoms with Crippen LogP contribution < -0.4 is 16.6 Å². The average Bonchev–Trinajstić information content (AvgIpc) is 2.42. The van der Waals surface area contributed by atoms with Crippen LogP contribution in [0.1, 0.15) is 50.9 Å². The molecule has 0 saturated heterocycles. The van der Waals surface area contributed by atoms with Gasteiger partial charge in [0.2, 0.25) is 0 Å². The van der Waals surface area contributed by atoms with Gasteiger partial charge in [-0.25, -0.2) is 15.8 Å². The third-order valence-electron chi connectivity index (χ3n) is 3.50. The Bertz CT molecular complexity index is 392. The fourth-order valence-electron chi connectivity index (χ4n) is 2.13. The van der Waals surface area contributed by atoms with E-state index in [-0.39, 0.29) is 0 Å². The van der Waals surface area contributed by atoms with Crippen LogP contribution in [0.3, 0.4) is 0 Å². The summed E-state index contributed by atoms with van der Waals surface area (Å²) >= 11 is 0. The molecule has 0 fully saturated rings. The van der Waals surface area contributed by atoms with Crippen LogP contribution in [0.2, 0.25) is 0 Å². The maximum absolute atomic E-state index is 5.47. The molecule has 1 aromatic heterocycles. The quantitative estimate of drug-likeness (QED) is 0.497. The first kappa shape index (κ1) is 15.7. The zero-order valence-corrected chi connectivity index (χ0v) is 12.6. The molecule has 0 bridgehead atoms. The van der Waals surface area contributed by atoms with Crippen LogP contribution in [0, 0.1) is 19.8 Å². The van der Waals surface area contributed by atoms with Gasteiger partial charge in [-0.1, -0.05) is 33.1 Å². The number of aromatic nitrogens is 2. The topological polar surface area (TPSA) is 75.9 Å². The van der Waals surface area contributed by atoms with Gasteiger partial charge < -0.3 is 10.7 Å². The van der Waals surface area contributed by atoms with E-state index in [0.717, 1.165) is 23.8 Å². The summed E-state index contributed by atoms with van der Waals surface area (Å²) in [4.78, 5) is 8.71. The number of hydrogen-bond donors (Lipinski definition) is 3. The summed E-state index contributed by atoms with van der Waals surface area (Å²) in [5.74, 6) is 8.47. The van der Waals surface area contributed by atoms with E-state index in [1.165, 1.54) is 25.7 Å². The SMILES string of the molecule is CCCCC(CC)CNc1nc(C)nc(NN)c1C. The average molecular weight is 265 g/mol. The second kappa shape index (κ2) is 7.94. The standard InChI is InChI=1S/C14H27N5/c1-5-7-8-12(6-2)9-16-13-10(3)14(19-15)18-11(4)17-13/h12H,5-9,15H2,1-4H3,(H2,16,17,18,19). The molecule has 1 heterocycles. The summed E-state index contributed by atoms with van der Waals surface area (Å²) in [5.41, 5.74) is 3.59. The van der Waals surface area contributed by atoms with E-state index in [1.807, 2.05) is 13.8 Å². The van der Waals surface area contributed by atoms with Gasteiger partial charge in [0.15, 0.2) is 0 Å². The number of aryl methyl sites for hydroxylation is 1. The molecule has 0 amide bonds. The summed E-state index contributed by atoms with van der Waals surface area (Å²) in [6.45, 7) is 9.28. The molecule has 5 nitrogen and oxygen atoms in total. The van der Waals surface area contributed by atoms with Gasteiger partial charge >= 0.3 is 0 Å². The molecule has 0 aromatic carbocycles. The van der Waals surface area contributed by atoms with Gasteiger partial charge in [-0.05, 0) is 26.2 Å². The molecule has 1 atom stereocenters. The third-order valence-corrected chi connectivity index (χ3v) is 3.50. The molecule has 5 heteroatoms. The number of unbranched alkanes of at least 4 members (excludes halogenated alkanes) is 1. The van der Waals surface area contributed by atoms with Crippen LogP contribution in [0.25, 0.3) is 0 Å². The van der Waals surface area contributed by atoms with E-state index in [2.05, 4.69) is 34.6 Å². The first-order valence-electron chi connectivity index (χ1n) is 7.18. The Morgan fingerprint density at radius 2 is 1.84 bits per heavy atom. The minimum atomic E-state index is 0.691. The van der Waals surface area contributed by atoms with E-state index in [9.17, 15) is 0 Å². The Morgan fingerprint density at radius 3 is 2.42 bits per heavy atom. The molecular weight excluding hydrogens is 238 g/mol. The van der Waals surface area contributed by atoms with E-state index in [1.54, 1.807) is 0 Å². The van der Waals surface area contributed by atoms with Crippen LogP contribution >= 0.6 is 0 Å². The van der Waals surface area contributed by atoms with Gasteiger partial charge in [0.1, 0.15) is 17.5 Å². The Kier molecular flexibility index (Phi) is 6.56. The zero-order chi connectivity index (χ0) is 14.3. The molecule has 1 aromatic rings. The van der Waals surface area contributed by atoms with E-state index < -0.39 is 0 Å². The number of nitrogens with one attached hydrogen (secondary N) is 2. The van der Waals surface area contributed by atoms with Crippen LogP contribution in [0.15, 0.2) is 0 Å². The normalized spacial score (nSPS) is 12.3. The predicted molar refractivity (Wildman–Crippen MR) is 81.1 cm³/mol. The van der Waals surface area contributed by atoms with E-state index in [4.69, 9.17) is 5.84 Å². The third kappa shape index (κ3) is 4.67.